The third-order valence-corrected chi connectivity index (χ3v) is 8.39. The lowest BCUT2D eigenvalue weighted by Crippen LogP contribution is -2.11. The molecule has 0 radical (unpaired) electrons. The molecule has 0 bridgehead atoms. The number of aromatic nitrogens is 3. The molecular formula is C39H56N4O5. The summed E-state index contributed by atoms with van der Waals surface area (Å²) in [6, 6.07) is 5.11. The van der Waals surface area contributed by atoms with E-state index in [9.17, 15) is 10.0 Å². The van der Waals surface area contributed by atoms with E-state index < -0.39 is 0 Å². The van der Waals surface area contributed by atoms with Gasteiger partial charge in [0.2, 0.25) is 0 Å². The van der Waals surface area contributed by atoms with Crippen LogP contribution in [0, 0.1) is 16.7 Å². The lowest BCUT2D eigenvalue weighted by atomic mass is 10.0. The molecular weight excluding hydrogens is 604 g/mol. The van der Waals surface area contributed by atoms with E-state index in [0.29, 0.717) is 53.5 Å². The molecule has 2 rings (SSSR count). The van der Waals surface area contributed by atoms with E-state index in [1.54, 1.807) is 25.3 Å². The fourth-order valence-corrected chi connectivity index (χ4v) is 4.87. The molecule has 2 aromatic rings. The normalized spacial score (nSPS) is 14.1. The van der Waals surface area contributed by atoms with Crippen molar-refractivity contribution in [3.8, 4) is 17.1 Å². The summed E-state index contributed by atoms with van der Waals surface area (Å²) in [6.07, 6.45) is 15.6. The molecule has 0 aliphatic rings. The summed E-state index contributed by atoms with van der Waals surface area (Å²) in [4.78, 5) is 26.1. The monoisotopic (exact) mass is 660 g/mol. The summed E-state index contributed by atoms with van der Waals surface area (Å²) in [5, 5.41) is 14.4. The first-order chi connectivity index (χ1) is 23.1. The van der Waals surface area contributed by atoms with Crippen LogP contribution >= 0.6 is 0 Å². The minimum atomic E-state index is -0.193. The second kappa shape index (κ2) is 21.7. The molecule has 262 valence electrons. The number of methoxy groups -OCH3 is 1. The van der Waals surface area contributed by atoms with Crippen LogP contribution in [0.15, 0.2) is 72.4 Å². The number of nitrogens with zero attached hydrogens (tertiary/aromatic N) is 4. The highest BCUT2D eigenvalue weighted by atomic mass is 16.5. The average Bonchev–Trinajstić information content (AvgIpc) is 3.11. The number of aliphatic hydroxyl groups is 1. The van der Waals surface area contributed by atoms with Gasteiger partial charge in [0.15, 0.2) is 17.5 Å². The van der Waals surface area contributed by atoms with E-state index in [0.717, 1.165) is 51.4 Å². The Balaban J connectivity index is 2.50. The van der Waals surface area contributed by atoms with Gasteiger partial charge in [-0.3, -0.25) is 0 Å². The number of benzene rings is 1. The number of hydrogen-bond acceptors (Lipinski definition) is 9. The van der Waals surface area contributed by atoms with Gasteiger partial charge in [-0.05, 0) is 55.8 Å². The molecule has 0 aliphatic heterocycles. The van der Waals surface area contributed by atoms with Crippen LogP contribution in [0.25, 0.3) is 22.5 Å². The lowest BCUT2D eigenvalue weighted by Gasteiger charge is -2.16. The Kier molecular flexibility index (Phi) is 18.1. The number of allylic oxidation sites excluding steroid dienone is 5. The molecule has 48 heavy (non-hydrogen) atoms. The minimum absolute atomic E-state index is 0.123. The molecule has 0 spiro atoms. The molecule has 1 aromatic carbocycles. The van der Waals surface area contributed by atoms with E-state index in [-0.39, 0.29) is 34.8 Å². The highest BCUT2D eigenvalue weighted by Gasteiger charge is 2.19. The molecule has 3 atom stereocenters. The largest absolute Gasteiger partial charge is 0.507 e. The van der Waals surface area contributed by atoms with E-state index in [4.69, 9.17) is 19.2 Å². The van der Waals surface area contributed by atoms with Crippen LogP contribution in [0.4, 0.5) is 5.69 Å². The van der Waals surface area contributed by atoms with Crippen LogP contribution < -0.4 is 4.74 Å². The first-order valence-corrected chi connectivity index (χ1v) is 17.3. The molecule has 9 heteroatoms. The Bertz CT molecular complexity index is 1430. The van der Waals surface area contributed by atoms with E-state index in [2.05, 4.69) is 56.0 Å². The van der Waals surface area contributed by atoms with Crippen molar-refractivity contribution in [1.29, 1.82) is 0 Å². The van der Waals surface area contributed by atoms with E-state index >= 15 is 0 Å². The fourth-order valence-electron chi connectivity index (χ4n) is 4.87. The van der Waals surface area contributed by atoms with Crippen LogP contribution in [0.3, 0.4) is 0 Å². The van der Waals surface area contributed by atoms with Gasteiger partial charge in [-0.25, -0.2) is 15.0 Å². The maximum atomic E-state index is 12.1. The second-order valence-corrected chi connectivity index (χ2v) is 12.0. The molecule has 1 N–H and O–H groups in total. The lowest BCUT2D eigenvalue weighted by molar-refractivity contribution is 0.156. The summed E-state index contributed by atoms with van der Waals surface area (Å²) in [7, 11) is 1.63. The summed E-state index contributed by atoms with van der Waals surface area (Å²) >= 11 is 0. The van der Waals surface area contributed by atoms with Gasteiger partial charge >= 0.3 is 0 Å². The smallest absolute Gasteiger partial charge is 0.167 e. The van der Waals surface area contributed by atoms with Gasteiger partial charge in [0.1, 0.15) is 23.0 Å². The Morgan fingerprint density at radius 3 is 2.21 bits per heavy atom. The third-order valence-electron chi connectivity index (χ3n) is 8.39. The van der Waals surface area contributed by atoms with Crippen molar-refractivity contribution in [2.24, 2.45) is 17.0 Å². The van der Waals surface area contributed by atoms with Crippen molar-refractivity contribution in [1.82, 2.24) is 15.0 Å². The van der Waals surface area contributed by atoms with Gasteiger partial charge in [-0.15, -0.1) is 4.91 Å². The first kappa shape index (κ1) is 40.1. The number of aliphatic hydroxyl groups excluding tert-OH is 1. The quantitative estimate of drug-likeness (QED) is 0.0711. The Morgan fingerprint density at radius 1 is 0.979 bits per heavy atom. The topological polar surface area (TPSA) is 116 Å². The van der Waals surface area contributed by atoms with Crippen LogP contribution in [0.1, 0.15) is 105 Å². The Labute approximate surface area is 287 Å². The van der Waals surface area contributed by atoms with Gasteiger partial charge < -0.3 is 19.3 Å². The van der Waals surface area contributed by atoms with E-state index in [1.807, 2.05) is 32.1 Å². The second-order valence-electron chi connectivity index (χ2n) is 12.0. The molecule has 1 aromatic heterocycles. The maximum absolute atomic E-state index is 12.1. The molecule has 0 amide bonds. The van der Waals surface area contributed by atoms with Crippen molar-refractivity contribution < 1.29 is 19.3 Å². The molecule has 0 saturated heterocycles. The number of nitroso groups, excluding NO2 is 1. The zero-order valence-electron chi connectivity index (χ0n) is 30.1. The first-order valence-electron chi connectivity index (χ1n) is 17.3. The van der Waals surface area contributed by atoms with Gasteiger partial charge in [-0.1, -0.05) is 97.6 Å². The molecule has 0 fully saturated rings. The van der Waals surface area contributed by atoms with Gasteiger partial charge in [0.25, 0.3) is 0 Å². The summed E-state index contributed by atoms with van der Waals surface area (Å²) < 4.78 is 17.3. The summed E-state index contributed by atoms with van der Waals surface area (Å²) in [5.41, 5.74) is 1.35. The molecule has 3 unspecified atom stereocenters. The van der Waals surface area contributed by atoms with Gasteiger partial charge in [-0.2, -0.15) is 0 Å². The highest BCUT2D eigenvalue weighted by molar-refractivity contribution is 5.78. The van der Waals surface area contributed by atoms with Crippen LogP contribution in [0.2, 0.25) is 0 Å². The van der Waals surface area contributed by atoms with Gasteiger partial charge in [0.05, 0.1) is 24.9 Å². The summed E-state index contributed by atoms with van der Waals surface area (Å²) in [5.74, 6) is 2.15. The van der Waals surface area contributed by atoms with Crippen molar-refractivity contribution >= 4 is 16.8 Å². The van der Waals surface area contributed by atoms with Crippen LogP contribution in [-0.4, -0.2) is 46.5 Å². The van der Waals surface area contributed by atoms with Crippen LogP contribution in [0.5, 0.6) is 5.75 Å². The summed E-state index contributed by atoms with van der Waals surface area (Å²) in [6.45, 7) is 21.5. The van der Waals surface area contributed by atoms with Crippen molar-refractivity contribution in [3.63, 3.8) is 0 Å². The molecule has 9 nitrogen and oxygen atoms in total. The SMILES string of the molecule is C=C(/C=C(/O)C(=C)c1nc(C(/C=C\C(C)OC)=C/C)nc(-c2ccc(OCC(CC)CCCC)cc2N=O)n1)OCC(CC)CCCC. The predicted octanol–water partition coefficient (Wildman–Crippen LogP) is 10.7. The number of rotatable bonds is 23. The standard InChI is InChI=1S/C39H56N4O5/c1-10-15-17-30(12-3)25-47-28(7)23-36(44)29(8)37-40-38(32(14-5)20-19-27(6)46-9)42-39(41-37)34-22-21-33(24-35(34)43-45)48-26-31(13-4)18-16-11-2/h14,19-24,27,30-31,44H,7-8,10-13,15-18,25-26H2,1-6,9H3/b20-19-,32-14+,36-23+. The van der Waals surface area contributed by atoms with Crippen molar-refractivity contribution in [3.05, 3.63) is 83.7 Å². The van der Waals surface area contributed by atoms with Crippen molar-refractivity contribution in [2.75, 3.05) is 20.3 Å². The number of unbranched alkanes of at least 4 members (excludes halogenated alkanes) is 2. The number of hydrogen-bond donors (Lipinski definition) is 1. The number of ether oxygens (including phenoxy) is 3. The van der Waals surface area contributed by atoms with Crippen LogP contribution in [-0.2, 0) is 9.47 Å². The highest BCUT2D eigenvalue weighted by Crippen LogP contribution is 2.34. The zero-order chi connectivity index (χ0) is 35.5. The predicted molar refractivity (Wildman–Crippen MR) is 197 cm³/mol. The van der Waals surface area contributed by atoms with E-state index in [1.165, 1.54) is 6.08 Å². The van der Waals surface area contributed by atoms with Crippen molar-refractivity contribution in [2.45, 2.75) is 99.0 Å². The fraction of sp³-hybridized carbons (Fsp3) is 0.513. The molecule has 0 aliphatic carbocycles. The third kappa shape index (κ3) is 12.8. The minimum Gasteiger partial charge on any atom is -0.507 e. The Morgan fingerprint density at radius 2 is 1.62 bits per heavy atom. The maximum Gasteiger partial charge on any atom is 0.167 e. The van der Waals surface area contributed by atoms with Gasteiger partial charge in [0, 0.05) is 30.4 Å². The average molecular weight is 661 g/mol. The zero-order valence-corrected chi connectivity index (χ0v) is 30.1. The Hall–Kier alpha value is -4.11. The molecule has 0 saturated carbocycles. The molecule has 1 heterocycles.